The van der Waals surface area contributed by atoms with Crippen molar-refractivity contribution in [3.8, 4) is 0 Å². The van der Waals surface area contributed by atoms with E-state index in [1.807, 2.05) is 6.92 Å². The van der Waals surface area contributed by atoms with Crippen molar-refractivity contribution in [1.82, 2.24) is 0 Å². The molecule has 0 aromatic carbocycles. The summed E-state index contributed by atoms with van der Waals surface area (Å²) in [4.78, 5) is 0. The van der Waals surface area contributed by atoms with Crippen molar-refractivity contribution in [3.05, 3.63) is 12.2 Å². The second kappa shape index (κ2) is 5.00. The molecule has 1 nitrogen and oxygen atoms in total. The third kappa shape index (κ3) is 3.71. The van der Waals surface area contributed by atoms with Gasteiger partial charge in [0.15, 0.2) is 0 Å². The van der Waals surface area contributed by atoms with E-state index in [2.05, 4.69) is 22.5 Å². The van der Waals surface area contributed by atoms with Gasteiger partial charge in [0.2, 0.25) is 0 Å². The number of rotatable bonds is 4. The topological polar surface area (TPSA) is 9.23 Å². The van der Waals surface area contributed by atoms with E-state index in [1.54, 1.807) is 7.11 Å². The van der Waals surface area contributed by atoms with E-state index in [0.29, 0.717) is 0 Å². The number of methoxy groups -OCH3 is 1. The first-order valence-electron chi connectivity index (χ1n) is 2.96. The monoisotopic (exact) mass is 192 g/mol. The van der Waals surface area contributed by atoms with Gasteiger partial charge in [0.1, 0.15) is 0 Å². The van der Waals surface area contributed by atoms with E-state index in [4.69, 9.17) is 4.74 Å². The fourth-order valence-corrected chi connectivity index (χ4v) is 1.08. The summed E-state index contributed by atoms with van der Waals surface area (Å²) in [5.74, 6) is 0. The Balaban J connectivity index is 3.54. The molecule has 0 aliphatic carbocycles. The minimum Gasteiger partial charge on any atom is -0.377 e. The smallest absolute Gasteiger partial charge is 0.0783 e. The van der Waals surface area contributed by atoms with Crippen LogP contribution in [0.1, 0.15) is 13.3 Å². The van der Waals surface area contributed by atoms with Crippen molar-refractivity contribution in [2.75, 3.05) is 12.4 Å². The molecule has 0 saturated carbocycles. The van der Waals surface area contributed by atoms with Gasteiger partial charge < -0.3 is 4.74 Å². The molecular weight excluding hydrogens is 180 g/mol. The van der Waals surface area contributed by atoms with Crippen molar-refractivity contribution in [2.24, 2.45) is 0 Å². The maximum absolute atomic E-state index is 5.12. The van der Waals surface area contributed by atoms with Crippen LogP contribution in [-0.2, 0) is 4.74 Å². The fourth-order valence-electron chi connectivity index (χ4n) is 0.665. The maximum Gasteiger partial charge on any atom is 0.0783 e. The third-order valence-corrected chi connectivity index (χ3v) is 1.66. The summed E-state index contributed by atoms with van der Waals surface area (Å²) in [6.07, 6.45) is 1.23. The van der Waals surface area contributed by atoms with Gasteiger partial charge in [-0.05, 0) is 13.3 Å². The Kier molecular flexibility index (Phi) is 5.10. The molecule has 0 N–H and O–H groups in total. The molecular formula is C7H13BrO. The Morgan fingerprint density at radius 2 is 2.33 bits per heavy atom. The van der Waals surface area contributed by atoms with Crippen LogP contribution in [0.5, 0.6) is 0 Å². The minimum atomic E-state index is 0.226. The first kappa shape index (κ1) is 9.18. The number of hydrogen-bond donors (Lipinski definition) is 0. The van der Waals surface area contributed by atoms with Crippen molar-refractivity contribution in [2.45, 2.75) is 19.4 Å². The maximum atomic E-state index is 5.12. The fraction of sp³-hybridized carbons (Fsp3) is 0.714. The van der Waals surface area contributed by atoms with Crippen LogP contribution in [0.4, 0.5) is 0 Å². The van der Waals surface area contributed by atoms with E-state index in [0.717, 1.165) is 17.3 Å². The Labute approximate surface area is 65.2 Å². The highest BCUT2D eigenvalue weighted by Gasteiger charge is 2.04. The lowest BCUT2D eigenvalue weighted by Crippen LogP contribution is -2.11. The number of hydrogen-bond acceptors (Lipinski definition) is 1. The molecule has 0 fully saturated rings. The summed E-state index contributed by atoms with van der Waals surface area (Å²) in [5, 5.41) is 0.971. The van der Waals surface area contributed by atoms with Crippen LogP contribution in [0.2, 0.25) is 0 Å². The zero-order valence-corrected chi connectivity index (χ0v) is 7.57. The molecule has 0 aromatic heterocycles. The van der Waals surface area contributed by atoms with Crippen LogP contribution in [-0.4, -0.2) is 18.5 Å². The molecule has 0 amide bonds. The Morgan fingerprint density at radius 1 is 1.78 bits per heavy atom. The van der Waals surface area contributed by atoms with Crippen molar-refractivity contribution >= 4 is 15.9 Å². The van der Waals surface area contributed by atoms with Gasteiger partial charge in [-0.15, -0.1) is 0 Å². The molecule has 0 rings (SSSR count). The summed E-state index contributed by atoms with van der Waals surface area (Å²) in [6, 6.07) is 0. The number of halogens is 1. The molecule has 0 saturated heterocycles. The predicted octanol–water partition coefficient (Wildman–Crippen LogP) is 2.36. The normalized spacial score (nSPS) is 13.2. The van der Waals surface area contributed by atoms with Gasteiger partial charge in [0.05, 0.1) is 6.10 Å². The summed E-state index contributed by atoms with van der Waals surface area (Å²) < 4.78 is 5.12. The lowest BCUT2D eigenvalue weighted by Gasteiger charge is -2.12. The minimum absolute atomic E-state index is 0.226. The molecule has 0 bridgehead atoms. The third-order valence-electron chi connectivity index (χ3n) is 1.21. The molecule has 0 radical (unpaired) electrons. The Bertz CT molecular complexity index is 90.9. The second-order valence-electron chi connectivity index (χ2n) is 2.05. The Hall–Kier alpha value is 0.180. The van der Waals surface area contributed by atoms with Crippen LogP contribution >= 0.6 is 15.9 Å². The van der Waals surface area contributed by atoms with Crippen LogP contribution < -0.4 is 0 Å². The van der Waals surface area contributed by atoms with Crippen LogP contribution in [0.25, 0.3) is 0 Å². The van der Waals surface area contributed by atoms with Gasteiger partial charge in [-0.1, -0.05) is 28.1 Å². The number of ether oxygens (including phenoxy) is 1. The highest BCUT2D eigenvalue weighted by Crippen LogP contribution is 2.08. The van der Waals surface area contributed by atoms with Crippen LogP contribution in [0.3, 0.4) is 0 Å². The van der Waals surface area contributed by atoms with Crippen molar-refractivity contribution in [3.63, 3.8) is 0 Å². The number of alkyl halides is 1. The lowest BCUT2D eigenvalue weighted by atomic mass is 10.1. The van der Waals surface area contributed by atoms with E-state index in [9.17, 15) is 0 Å². The van der Waals surface area contributed by atoms with E-state index >= 15 is 0 Å². The predicted molar refractivity (Wildman–Crippen MR) is 44.0 cm³/mol. The van der Waals surface area contributed by atoms with Crippen molar-refractivity contribution in [1.29, 1.82) is 0 Å². The van der Waals surface area contributed by atoms with Crippen LogP contribution in [0.15, 0.2) is 12.2 Å². The van der Waals surface area contributed by atoms with Gasteiger partial charge >= 0.3 is 0 Å². The van der Waals surface area contributed by atoms with E-state index in [1.165, 1.54) is 0 Å². The molecule has 0 aliphatic heterocycles. The highest BCUT2D eigenvalue weighted by molar-refractivity contribution is 9.09. The highest BCUT2D eigenvalue weighted by atomic mass is 79.9. The quantitative estimate of drug-likeness (QED) is 0.492. The van der Waals surface area contributed by atoms with Gasteiger partial charge in [0.25, 0.3) is 0 Å². The molecule has 0 heterocycles. The molecule has 9 heavy (non-hydrogen) atoms. The van der Waals surface area contributed by atoms with Crippen LogP contribution in [0, 0.1) is 0 Å². The van der Waals surface area contributed by atoms with E-state index < -0.39 is 0 Å². The molecule has 0 aromatic rings. The lowest BCUT2D eigenvalue weighted by molar-refractivity contribution is 0.130. The summed E-state index contributed by atoms with van der Waals surface area (Å²) in [5.41, 5.74) is 1.09. The molecule has 54 valence electrons. The SMILES string of the molecule is C=C(C)C(CCBr)OC. The van der Waals surface area contributed by atoms with Gasteiger partial charge in [0, 0.05) is 12.4 Å². The average Bonchev–Trinajstić information content (AvgIpc) is 1.82. The van der Waals surface area contributed by atoms with Gasteiger partial charge in [-0.2, -0.15) is 0 Å². The molecule has 1 atom stereocenters. The molecule has 2 heteroatoms. The summed E-state index contributed by atoms with van der Waals surface area (Å²) in [7, 11) is 1.71. The second-order valence-corrected chi connectivity index (χ2v) is 2.84. The zero-order chi connectivity index (χ0) is 7.28. The first-order chi connectivity index (χ1) is 4.22. The zero-order valence-electron chi connectivity index (χ0n) is 5.98. The van der Waals surface area contributed by atoms with Gasteiger partial charge in [-0.3, -0.25) is 0 Å². The Morgan fingerprint density at radius 3 is 2.44 bits per heavy atom. The average molecular weight is 193 g/mol. The van der Waals surface area contributed by atoms with Gasteiger partial charge in [-0.25, -0.2) is 0 Å². The van der Waals surface area contributed by atoms with E-state index in [-0.39, 0.29) is 6.10 Å². The molecule has 0 aliphatic rings. The summed E-state index contributed by atoms with van der Waals surface area (Å²) >= 11 is 3.34. The molecule has 1 unspecified atom stereocenters. The largest absolute Gasteiger partial charge is 0.377 e. The first-order valence-corrected chi connectivity index (χ1v) is 4.08. The summed E-state index contributed by atoms with van der Waals surface area (Å²) in [6.45, 7) is 5.78. The molecule has 0 spiro atoms. The van der Waals surface area contributed by atoms with Crippen molar-refractivity contribution < 1.29 is 4.74 Å². The standard InChI is InChI=1S/C7H13BrO/c1-6(2)7(9-3)4-5-8/h7H,1,4-5H2,2-3H3.